The number of rotatable bonds is 3. The SMILES string of the molecule is Cc1ccc(S(=O)(=O)NC(=O)NC2=CC=CC=CC2)cc1. The monoisotopic (exact) mass is 304 g/mol. The number of hydrogen-bond acceptors (Lipinski definition) is 3. The molecule has 1 aromatic rings. The molecule has 5 nitrogen and oxygen atoms in total. The van der Waals surface area contributed by atoms with Gasteiger partial charge in [-0.1, -0.05) is 42.0 Å². The molecular formula is C15H16N2O3S. The lowest BCUT2D eigenvalue weighted by Crippen LogP contribution is -2.38. The van der Waals surface area contributed by atoms with Crippen LogP contribution in [0.15, 0.2) is 65.2 Å². The van der Waals surface area contributed by atoms with Gasteiger partial charge in [-0.15, -0.1) is 0 Å². The number of urea groups is 1. The van der Waals surface area contributed by atoms with Gasteiger partial charge in [-0.2, -0.15) is 0 Å². The summed E-state index contributed by atoms with van der Waals surface area (Å²) in [5.41, 5.74) is 1.57. The van der Waals surface area contributed by atoms with Crippen molar-refractivity contribution in [2.75, 3.05) is 0 Å². The molecule has 0 radical (unpaired) electrons. The van der Waals surface area contributed by atoms with E-state index < -0.39 is 16.1 Å². The van der Waals surface area contributed by atoms with Gasteiger partial charge in [0.05, 0.1) is 4.90 Å². The lowest BCUT2D eigenvalue weighted by Gasteiger charge is -2.10. The summed E-state index contributed by atoms with van der Waals surface area (Å²) in [7, 11) is -3.86. The zero-order chi connectivity index (χ0) is 15.3. The summed E-state index contributed by atoms with van der Waals surface area (Å²) in [6.45, 7) is 1.86. The van der Waals surface area contributed by atoms with Crippen molar-refractivity contribution in [3.63, 3.8) is 0 Å². The van der Waals surface area contributed by atoms with Gasteiger partial charge in [-0.05, 0) is 25.1 Å². The van der Waals surface area contributed by atoms with Crippen LogP contribution < -0.4 is 10.0 Å². The summed E-state index contributed by atoms with van der Waals surface area (Å²) < 4.78 is 26.1. The molecule has 0 heterocycles. The molecule has 2 rings (SSSR count). The van der Waals surface area contributed by atoms with Gasteiger partial charge in [0, 0.05) is 12.1 Å². The van der Waals surface area contributed by atoms with Crippen LogP contribution >= 0.6 is 0 Å². The number of aryl methyl sites for hydroxylation is 1. The Morgan fingerprint density at radius 1 is 1.10 bits per heavy atom. The van der Waals surface area contributed by atoms with Crippen LogP contribution in [0.3, 0.4) is 0 Å². The van der Waals surface area contributed by atoms with Crippen LogP contribution in [0.5, 0.6) is 0 Å². The minimum absolute atomic E-state index is 0.0536. The minimum Gasteiger partial charge on any atom is -0.311 e. The molecule has 2 amide bonds. The molecule has 2 N–H and O–H groups in total. The van der Waals surface area contributed by atoms with Crippen molar-refractivity contribution in [2.24, 2.45) is 0 Å². The average molecular weight is 304 g/mol. The standard InChI is InChI=1S/C15H16N2O3S/c1-12-8-10-14(11-9-12)21(19,20)17-15(18)16-13-6-4-2-3-5-7-13/h2-6,8-11H,7H2,1H3,(H2,16,17,18). The van der Waals surface area contributed by atoms with Gasteiger partial charge in [-0.3, -0.25) is 0 Å². The van der Waals surface area contributed by atoms with E-state index >= 15 is 0 Å². The summed E-state index contributed by atoms with van der Waals surface area (Å²) in [5, 5.41) is 2.53. The fourth-order valence-electron chi connectivity index (χ4n) is 1.74. The summed E-state index contributed by atoms with van der Waals surface area (Å²) in [4.78, 5) is 11.8. The van der Waals surface area contributed by atoms with Gasteiger partial charge in [0.15, 0.2) is 0 Å². The highest BCUT2D eigenvalue weighted by molar-refractivity contribution is 7.90. The van der Waals surface area contributed by atoms with Crippen molar-refractivity contribution in [3.05, 3.63) is 65.9 Å². The van der Waals surface area contributed by atoms with Gasteiger partial charge < -0.3 is 5.32 Å². The molecule has 1 aromatic carbocycles. The molecular weight excluding hydrogens is 288 g/mol. The van der Waals surface area contributed by atoms with Gasteiger partial charge in [-0.25, -0.2) is 17.9 Å². The molecule has 1 aliphatic carbocycles. The molecule has 0 spiro atoms. The van der Waals surface area contributed by atoms with E-state index in [1.54, 1.807) is 24.3 Å². The number of hydrogen-bond donors (Lipinski definition) is 2. The first-order valence-electron chi connectivity index (χ1n) is 6.40. The molecule has 0 aromatic heterocycles. The fourth-order valence-corrected chi connectivity index (χ4v) is 2.65. The Bertz CT molecular complexity index is 714. The Kier molecular flexibility index (Phi) is 4.59. The molecule has 0 atom stereocenters. The Morgan fingerprint density at radius 3 is 2.52 bits per heavy atom. The van der Waals surface area contributed by atoms with Crippen LogP contribution in [0.1, 0.15) is 12.0 Å². The highest BCUT2D eigenvalue weighted by Gasteiger charge is 2.17. The molecule has 0 fully saturated rings. The van der Waals surface area contributed by atoms with Crippen LogP contribution in [-0.2, 0) is 10.0 Å². The largest absolute Gasteiger partial charge is 0.332 e. The second-order valence-electron chi connectivity index (χ2n) is 4.58. The molecule has 0 unspecified atom stereocenters. The van der Waals surface area contributed by atoms with Gasteiger partial charge in [0.2, 0.25) is 0 Å². The highest BCUT2D eigenvalue weighted by atomic mass is 32.2. The van der Waals surface area contributed by atoms with Crippen molar-refractivity contribution in [1.29, 1.82) is 0 Å². The maximum atomic E-state index is 12.0. The predicted molar refractivity (Wildman–Crippen MR) is 81.0 cm³/mol. The predicted octanol–water partition coefficient (Wildman–Crippen LogP) is 2.38. The molecule has 1 aliphatic rings. The smallest absolute Gasteiger partial charge is 0.311 e. The van der Waals surface area contributed by atoms with Gasteiger partial charge in [0.25, 0.3) is 10.0 Å². The first-order valence-corrected chi connectivity index (χ1v) is 7.88. The molecule has 0 saturated carbocycles. The van der Waals surface area contributed by atoms with Crippen molar-refractivity contribution in [2.45, 2.75) is 18.2 Å². The van der Waals surface area contributed by atoms with Crippen molar-refractivity contribution < 1.29 is 13.2 Å². The van der Waals surface area contributed by atoms with Crippen LogP contribution in [0.2, 0.25) is 0 Å². The summed E-state index contributed by atoms with van der Waals surface area (Å²) in [5.74, 6) is 0. The Balaban J connectivity index is 2.04. The lowest BCUT2D eigenvalue weighted by molar-refractivity contribution is 0.248. The third-order valence-corrected chi connectivity index (χ3v) is 4.17. The maximum absolute atomic E-state index is 12.0. The topological polar surface area (TPSA) is 75.3 Å². The first-order chi connectivity index (χ1) is 9.97. The van der Waals surface area contributed by atoms with Crippen LogP contribution in [0.25, 0.3) is 0 Å². The van der Waals surface area contributed by atoms with E-state index in [9.17, 15) is 13.2 Å². The van der Waals surface area contributed by atoms with E-state index in [1.807, 2.05) is 29.9 Å². The maximum Gasteiger partial charge on any atom is 0.332 e. The Labute approximate surface area is 124 Å². The third-order valence-electron chi connectivity index (χ3n) is 2.83. The van der Waals surface area contributed by atoms with Crippen LogP contribution in [0, 0.1) is 6.92 Å². The second kappa shape index (κ2) is 6.41. The van der Waals surface area contributed by atoms with Crippen LogP contribution in [-0.4, -0.2) is 14.4 Å². The highest BCUT2D eigenvalue weighted by Crippen LogP contribution is 2.10. The fraction of sp³-hybridized carbons (Fsp3) is 0.133. The number of amides is 2. The van der Waals surface area contributed by atoms with Crippen LogP contribution in [0.4, 0.5) is 4.79 Å². The third kappa shape index (κ3) is 4.32. The number of nitrogens with one attached hydrogen (secondary N) is 2. The molecule has 0 bridgehead atoms. The van der Waals surface area contributed by atoms with Gasteiger partial charge >= 0.3 is 6.03 Å². The number of carbonyl (C=O) groups is 1. The average Bonchev–Trinajstić information content (AvgIpc) is 2.67. The van der Waals surface area contributed by atoms with E-state index in [4.69, 9.17) is 0 Å². The summed E-state index contributed by atoms with van der Waals surface area (Å²) >= 11 is 0. The molecule has 21 heavy (non-hydrogen) atoms. The van der Waals surface area contributed by atoms with E-state index in [2.05, 4.69) is 5.32 Å². The molecule has 0 saturated heterocycles. The number of sulfonamides is 1. The van der Waals surface area contributed by atoms with E-state index in [0.717, 1.165) is 5.56 Å². The zero-order valence-electron chi connectivity index (χ0n) is 11.5. The number of allylic oxidation sites excluding steroid dienone is 5. The molecule has 110 valence electrons. The van der Waals surface area contributed by atoms with Crippen molar-refractivity contribution >= 4 is 16.1 Å². The Hall–Kier alpha value is -2.34. The Morgan fingerprint density at radius 2 is 1.81 bits per heavy atom. The minimum atomic E-state index is -3.86. The van der Waals surface area contributed by atoms with E-state index in [-0.39, 0.29) is 4.90 Å². The van der Waals surface area contributed by atoms with E-state index in [0.29, 0.717) is 12.1 Å². The van der Waals surface area contributed by atoms with E-state index in [1.165, 1.54) is 12.1 Å². The van der Waals surface area contributed by atoms with Crippen molar-refractivity contribution in [3.8, 4) is 0 Å². The molecule has 0 aliphatic heterocycles. The number of carbonyl (C=O) groups excluding carboxylic acids is 1. The summed E-state index contributed by atoms with van der Waals surface area (Å²) in [6.07, 6.45) is 9.57. The van der Waals surface area contributed by atoms with Crippen molar-refractivity contribution in [1.82, 2.24) is 10.0 Å². The second-order valence-corrected chi connectivity index (χ2v) is 6.26. The lowest BCUT2D eigenvalue weighted by atomic mass is 10.2. The first kappa shape index (κ1) is 15.1. The quantitative estimate of drug-likeness (QED) is 0.900. The van der Waals surface area contributed by atoms with Gasteiger partial charge in [0.1, 0.15) is 0 Å². The normalized spacial score (nSPS) is 14.2. The number of benzene rings is 1. The molecule has 6 heteroatoms. The summed E-state index contributed by atoms with van der Waals surface area (Å²) in [6, 6.07) is 5.50. The zero-order valence-corrected chi connectivity index (χ0v) is 12.4.